The Kier molecular flexibility index (Phi) is 6.84. The van der Waals surface area contributed by atoms with Gasteiger partial charge in [-0.25, -0.2) is 18.7 Å². The maximum absolute atomic E-state index is 15.8. The van der Waals surface area contributed by atoms with Gasteiger partial charge in [0, 0.05) is 38.4 Å². The number of carbonyl (C=O) groups is 1. The van der Waals surface area contributed by atoms with E-state index in [1.54, 1.807) is 22.0 Å². The molecular formula is C29H32FN9O2. The number of rotatable bonds is 3. The maximum atomic E-state index is 15.8. The first-order valence-corrected chi connectivity index (χ1v) is 14.0. The molecule has 6 heterocycles. The van der Waals surface area contributed by atoms with Gasteiger partial charge in [-0.2, -0.15) is 4.98 Å². The fourth-order valence-electron chi connectivity index (χ4n) is 5.81. The van der Waals surface area contributed by atoms with E-state index < -0.39 is 11.5 Å². The molecule has 1 fully saturated rings. The molecule has 1 amide bonds. The number of piperazine rings is 1. The number of aryl methyl sites for hydroxylation is 2. The first kappa shape index (κ1) is 26.7. The van der Waals surface area contributed by atoms with E-state index in [1.807, 2.05) is 31.7 Å². The van der Waals surface area contributed by atoms with Crippen molar-refractivity contribution in [2.24, 2.45) is 0 Å². The van der Waals surface area contributed by atoms with Gasteiger partial charge in [0.15, 0.2) is 11.5 Å². The second kappa shape index (κ2) is 10.5. The molecular weight excluding hydrogens is 525 g/mol. The van der Waals surface area contributed by atoms with Crippen LogP contribution in [0.3, 0.4) is 0 Å². The molecule has 11 nitrogen and oxygen atoms in total. The lowest BCUT2D eigenvalue weighted by molar-refractivity contribution is -0.126. The SMILES string of the molecule is C=CC(=O)N1CCN(c2nc(=O)n3c4nc(c(F)cc24)-c2cn(nn2)CCCCc2ccnc(C(C)C)c2-3)[C@@H](C)C1. The van der Waals surface area contributed by atoms with Crippen LogP contribution in [-0.2, 0) is 17.8 Å². The van der Waals surface area contributed by atoms with Crippen molar-refractivity contribution in [2.75, 3.05) is 24.5 Å². The molecule has 0 spiro atoms. The number of carbonyl (C=O) groups excluding carboxylic acids is 1. The van der Waals surface area contributed by atoms with E-state index in [2.05, 4.69) is 26.9 Å². The van der Waals surface area contributed by atoms with E-state index >= 15 is 4.39 Å². The normalized spacial score (nSPS) is 17.2. The van der Waals surface area contributed by atoms with Crippen LogP contribution < -0.4 is 10.6 Å². The van der Waals surface area contributed by atoms with Crippen LogP contribution in [0.1, 0.15) is 50.8 Å². The van der Waals surface area contributed by atoms with Crippen LogP contribution in [0.25, 0.3) is 28.1 Å². The van der Waals surface area contributed by atoms with E-state index in [-0.39, 0.29) is 29.2 Å². The Morgan fingerprint density at radius 1 is 1.20 bits per heavy atom. The number of fused-ring (bicyclic) bond motifs is 6. The first-order valence-electron chi connectivity index (χ1n) is 14.0. The third-order valence-electron chi connectivity index (χ3n) is 7.86. The highest BCUT2D eigenvalue weighted by atomic mass is 19.1. The third kappa shape index (κ3) is 4.66. The summed E-state index contributed by atoms with van der Waals surface area (Å²) in [6.07, 6.45) is 7.13. The average Bonchev–Trinajstić information content (AvgIpc) is 3.43. The Balaban J connectivity index is 1.64. The Morgan fingerprint density at radius 3 is 2.78 bits per heavy atom. The number of pyridine rings is 2. The van der Waals surface area contributed by atoms with E-state index in [0.717, 1.165) is 24.1 Å². The molecule has 0 N–H and O–H groups in total. The monoisotopic (exact) mass is 557 g/mol. The predicted octanol–water partition coefficient (Wildman–Crippen LogP) is 3.26. The number of aromatic nitrogens is 7. The van der Waals surface area contributed by atoms with Gasteiger partial charge in [-0.1, -0.05) is 25.6 Å². The fourth-order valence-corrected chi connectivity index (χ4v) is 5.81. The standard InChI is InChI=1S/C29H32FN9O2/c1-5-23(40)36-12-13-38(18(4)15-36)27-20-14-21(30)25-22-16-37(35-34-22)11-7-6-8-19-9-10-31-24(17(2)3)26(19)39(28(20)32-25)29(41)33-27/h5,9-10,14,16-18H,1,6-8,11-13,15H2,2-4H3/t18-/m0/s1. The molecule has 0 aliphatic carbocycles. The Hall–Kier alpha value is -4.48. The number of halogens is 1. The predicted molar refractivity (Wildman–Crippen MR) is 153 cm³/mol. The summed E-state index contributed by atoms with van der Waals surface area (Å²) in [5.74, 6) is -0.396. The van der Waals surface area contributed by atoms with Crippen molar-refractivity contribution in [3.05, 3.63) is 64.7 Å². The highest BCUT2D eigenvalue weighted by Crippen LogP contribution is 2.33. The van der Waals surface area contributed by atoms with E-state index in [9.17, 15) is 9.59 Å². The molecule has 4 aromatic heterocycles. The number of anilines is 1. The van der Waals surface area contributed by atoms with Crippen LogP contribution in [0.5, 0.6) is 0 Å². The third-order valence-corrected chi connectivity index (χ3v) is 7.86. The van der Waals surface area contributed by atoms with Crippen molar-refractivity contribution < 1.29 is 9.18 Å². The molecule has 1 saturated heterocycles. The van der Waals surface area contributed by atoms with Crippen LogP contribution >= 0.6 is 0 Å². The van der Waals surface area contributed by atoms with Gasteiger partial charge in [0.2, 0.25) is 5.91 Å². The molecule has 212 valence electrons. The van der Waals surface area contributed by atoms with Crippen LogP contribution in [-0.4, -0.2) is 71.0 Å². The molecule has 1 atom stereocenters. The summed E-state index contributed by atoms with van der Waals surface area (Å²) in [5.41, 5.74) is 2.41. The molecule has 0 unspecified atom stereocenters. The van der Waals surface area contributed by atoms with Crippen LogP contribution in [0, 0.1) is 5.82 Å². The maximum Gasteiger partial charge on any atom is 0.355 e. The summed E-state index contributed by atoms with van der Waals surface area (Å²) in [6.45, 7) is 11.5. The second-order valence-electron chi connectivity index (χ2n) is 11.0. The minimum absolute atomic E-state index is 0.0105. The Bertz CT molecular complexity index is 1730. The molecule has 2 aliphatic heterocycles. The van der Waals surface area contributed by atoms with Crippen LogP contribution in [0.15, 0.2) is 42.0 Å². The van der Waals surface area contributed by atoms with Gasteiger partial charge in [-0.15, -0.1) is 5.10 Å². The molecule has 4 bridgehead atoms. The topological polar surface area (TPSA) is 115 Å². The lowest BCUT2D eigenvalue weighted by Crippen LogP contribution is -2.54. The number of hydrogen-bond donors (Lipinski definition) is 0. The number of amides is 1. The Morgan fingerprint density at radius 2 is 2.02 bits per heavy atom. The summed E-state index contributed by atoms with van der Waals surface area (Å²) in [5, 5.41) is 8.76. The molecule has 6 rings (SSSR count). The summed E-state index contributed by atoms with van der Waals surface area (Å²) < 4.78 is 19.0. The van der Waals surface area contributed by atoms with Gasteiger partial charge in [0.1, 0.15) is 17.2 Å². The molecule has 41 heavy (non-hydrogen) atoms. The zero-order chi connectivity index (χ0) is 28.8. The largest absolute Gasteiger partial charge is 0.355 e. The zero-order valence-electron chi connectivity index (χ0n) is 23.4. The van der Waals surface area contributed by atoms with Crippen molar-refractivity contribution in [1.82, 2.24) is 39.4 Å². The minimum Gasteiger partial charge on any atom is -0.350 e. The first-order chi connectivity index (χ1) is 19.8. The van der Waals surface area contributed by atoms with Crippen molar-refractivity contribution in [2.45, 2.75) is 58.5 Å². The zero-order valence-corrected chi connectivity index (χ0v) is 23.4. The van der Waals surface area contributed by atoms with Crippen molar-refractivity contribution in [3.63, 3.8) is 0 Å². The van der Waals surface area contributed by atoms with Gasteiger partial charge in [-0.3, -0.25) is 14.5 Å². The number of nitrogens with zero attached hydrogens (tertiary/aromatic N) is 9. The van der Waals surface area contributed by atoms with E-state index in [4.69, 9.17) is 4.98 Å². The van der Waals surface area contributed by atoms with Gasteiger partial charge in [-0.05, 0) is 55.9 Å². The molecule has 0 radical (unpaired) electrons. The smallest absolute Gasteiger partial charge is 0.350 e. The summed E-state index contributed by atoms with van der Waals surface area (Å²) in [4.78, 5) is 44.0. The van der Waals surface area contributed by atoms with Gasteiger partial charge in [0.25, 0.3) is 0 Å². The van der Waals surface area contributed by atoms with E-state index in [1.165, 1.54) is 16.7 Å². The van der Waals surface area contributed by atoms with Crippen LogP contribution in [0.4, 0.5) is 10.2 Å². The van der Waals surface area contributed by atoms with Gasteiger partial charge < -0.3 is 9.80 Å². The Labute approximate surface area is 236 Å². The van der Waals surface area contributed by atoms with Gasteiger partial charge in [0.05, 0.1) is 23.0 Å². The average molecular weight is 558 g/mol. The van der Waals surface area contributed by atoms with Crippen molar-refractivity contribution >= 4 is 22.8 Å². The van der Waals surface area contributed by atoms with Gasteiger partial charge >= 0.3 is 5.69 Å². The fraction of sp³-hybridized carbons (Fsp3) is 0.414. The summed E-state index contributed by atoms with van der Waals surface area (Å²) >= 11 is 0. The summed E-state index contributed by atoms with van der Waals surface area (Å²) in [7, 11) is 0. The minimum atomic E-state index is -0.587. The highest BCUT2D eigenvalue weighted by Gasteiger charge is 2.31. The van der Waals surface area contributed by atoms with Crippen LogP contribution in [0.2, 0.25) is 0 Å². The quantitative estimate of drug-likeness (QED) is 0.353. The lowest BCUT2D eigenvalue weighted by Gasteiger charge is -2.40. The second-order valence-corrected chi connectivity index (χ2v) is 11.0. The molecule has 0 aromatic carbocycles. The summed E-state index contributed by atoms with van der Waals surface area (Å²) in [6, 6.07) is 3.13. The van der Waals surface area contributed by atoms with Crippen molar-refractivity contribution in [1.29, 1.82) is 0 Å². The molecule has 12 heteroatoms. The lowest BCUT2D eigenvalue weighted by atomic mass is 10.00. The van der Waals surface area contributed by atoms with Crippen molar-refractivity contribution in [3.8, 4) is 17.1 Å². The highest BCUT2D eigenvalue weighted by molar-refractivity contribution is 5.91. The van der Waals surface area contributed by atoms with E-state index in [0.29, 0.717) is 55.2 Å². The molecule has 4 aromatic rings. The number of hydrogen-bond acceptors (Lipinski definition) is 8. The molecule has 2 aliphatic rings. The molecule has 0 saturated carbocycles.